The summed E-state index contributed by atoms with van der Waals surface area (Å²) in [5, 5.41) is 0. The molecule has 7 aliphatic rings. The minimum Gasteiger partial charge on any atom is -0.453 e. The van der Waals surface area contributed by atoms with Gasteiger partial charge in [-0.3, -0.25) is 0 Å². The number of benzene rings is 15. The van der Waals surface area contributed by atoms with Crippen LogP contribution in [0.2, 0.25) is 0 Å². The van der Waals surface area contributed by atoms with Crippen molar-refractivity contribution in [3.05, 3.63) is 340 Å². The first-order valence-corrected chi connectivity index (χ1v) is 34.4. The predicted octanol–water partition coefficient (Wildman–Crippen LogP) is 17.2. The van der Waals surface area contributed by atoms with E-state index < -0.39 is 0 Å². The summed E-state index contributed by atoms with van der Waals surface area (Å²) in [6.07, 6.45) is 0. The highest BCUT2D eigenvalue weighted by Crippen LogP contribution is 2.58. The van der Waals surface area contributed by atoms with Crippen molar-refractivity contribution in [2.75, 3.05) is 24.5 Å². The fraction of sp³-hybridized carbons (Fsp3) is 0. The Hall–Kier alpha value is -12.7. The van der Waals surface area contributed by atoms with Gasteiger partial charge in [0.25, 0.3) is 20.1 Å². The first-order valence-electron chi connectivity index (χ1n) is 34.4. The molecule has 0 saturated heterocycles. The molecule has 456 valence electrons. The number of hydrogen-bond acceptors (Lipinski definition) is 6. The Labute approximate surface area is 576 Å². The predicted molar refractivity (Wildman–Crippen MR) is 416 cm³/mol. The molecule has 15 aromatic carbocycles. The second-order valence-corrected chi connectivity index (χ2v) is 27.0. The third-order valence-corrected chi connectivity index (χ3v) is 21.9. The van der Waals surface area contributed by atoms with Crippen LogP contribution in [0.15, 0.2) is 340 Å². The number of anilines is 15. The molecule has 0 aliphatic carbocycles. The Bertz CT molecular complexity index is 5870. The van der Waals surface area contributed by atoms with E-state index in [0.29, 0.717) is 0 Å². The Morgan fingerprint density at radius 2 is 0.495 bits per heavy atom. The SMILES string of the molecule is c1ccc(-c2ccc3c(c2)B2c4cc5c(cc4N(c4ccccc4)c4cccc(c42)N3c2ccccc2)N(c2ccccc2)c2cc3c4c6c2B5c2cc(-c5ccccc5)cc5c2N6c2c(cc(-c6ccccc6)cc2B4c2cc(-c4ccccc4)ccc2N3c2ccccc2)O5)cc1. The van der Waals surface area contributed by atoms with E-state index in [1.54, 1.807) is 0 Å². The van der Waals surface area contributed by atoms with Gasteiger partial charge in [-0.1, -0.05) is 243 Å². The third-order valence-electron chi connectivity index (χ3n) is 21.9. The summed E-state index contributed by atoms with van der Waals surface area (Å²) in [4.78, 5) is 12.9. The number of ether oxygens (including phenoxy) is 1. The first kappa shape index (κ1) is 54.5. The summed E-state index contributed by atoms with van der Waals surface area (Å²) in [7, 11) is 0. The molecule has 0 fully saturated rings. The molecule has 0 N–H and O–H groups in total. The van der Waals surface area contributed by atoms with Crippen LogP contribution >= 0.6 is 0 Å². The molecular formula is C90H56B3N5O. The lowest BCUT2D eigenvalue weighted by molar-refractivity contribution is 0.478. The lowest BCUT2D eigenvalue weighted by atomic mass is 9.27. The molecule has 0 atom stereocenters. The van der Waals surface area contributed by atoms with Gasteiger partial charge in [-0.25, -0.2) is 0 Å². The largest absolute Gasteiger partial charge is 0.453 e. The smallest absolute Gasteiger partial charge is 0.252 e. The van der Waals surface area contributed by atoms with Gasteiger partial charge < -0.3 is 29.2 Å². The summed E-state index contributed by atoms with van der Waals surface area (Å²) in [6.45, 7) is -0.671. The normalized spacial score (nSPS) is 13.8. The van der Waals surface area contributed by atoms with E-state index in [0.717, 1.165) is 102 Å². The van der Waals surface area contributed by atoms with Gasteiger partial charge >= 0.3 is 0 Å². The molecule has 0 unspecified atom stereocenters. The van der Waals surface area contributed by atoms with E-state index in [4.69, 9.17) is 4.74 Å². The minimum atomic E-state index is -0.284. The summed E-state index contributed by atoms with van der Waals surface area (Å²) in [5.74, 6) is 1.69. The number of hydrogen-bond donors (Lipinski definition) is 0. The van der Waals surface area contributed by atoms with Crippen LogP contribution in [0.4, 0.5) is 85.3 Å². The Kier molecular flexibility index (Phi) is 11.5. The lowest BCUT2D eigenvalue weighted by Gasteiger charge is -2.53. The maximum Gasteiger partial charge on any atom is 0.252 e. The van der Waals surface area contributed by atoms with Crippen molar-refractivity contribution in [2.45, 2.75) is 0 Å². The molecule has 0 spiro atoms. The molecule has 15 aromatic rings. The van der Waals surface area contributed by atoms with Gasteiger partial charge in [-0.15, -0.1) is 0 Å². The lowest BCUT2D eigenvalue weighted by Crippen LogP contribution is -2.69. The molecule has 9 heteroatoms. The topological polar surface area (TPSA) is 25.4 Å². The monoisotopic (exact) mass is 1260 g/mol. The van der Waals surface area contributed by atoms with Gasteiger partial charge in [0.2, 0.25) is 0 Å². The quantitative estimate of drug-likeness (QED) is 0.141. The number of rotatable bonds is 8. The molecule has 99 heavy (non-hydrogen) atoms. The highest BCUT2D eigenvalue weighted by Gasteiger charge is 2.56. The zero-order valence-electron chi connectivity index (χ0n) is 53.7. The maximum absolute atomic E-state index is 7.81. The number of para-hydroxylation sites is 4. The molecule has 7 aliphatic heterocycles. The van der Waals surface area contributed by atoms with E-state index in [9.17, 15) is 0 Å². The molecule has 0 amide bonds. The van der Waals surface area contributed by atoms with E-state index in [-0.39, 0.29) is 20.1 Å². The van der Waals surface area contributed by atoms with E-state index in [2.05, 4.69) is 364 Å². The second kappa shape index (κ2) is 20.9. The van der Waals surface area contributed by atoms with Crippen LogP contribution in [0.3, 0.4) is 0 Å². The molecular weight excluding hydrogens is 1200 g/mol. The summed E-state index contributed by atoms with van der Waals surface area (Å²) in [6, 6.07) is 127. The van der Waals surface area contributed by atoms with Crippen molar-refractivity contribution in [1.29, 1.82) is 0 Å². The van der Waals surface area contributed by atoms with Gasteiger partial charge in [0, 0.05) is 73.9 Å². The van der Waals surface area contributed by atoms with E-state index >= 15 is 0 Å². The first-order chi connectivity index (χ1) is 49.1. The summed E-state index contributed by atoms with van der Waals surface area (Å²) < 4.78 is 7.81. The van der Waals surface area contributed by atoms with Crippen molar-refractivity contribution >= 4 is 155 Å². The van der Waals surface area contributed by atoms with Crippen LogP contribution < -0.4 is 78.4 Å². The molecule has 6 nitrogen and oxygen atoms in total. The Morgan fingerprint density at radius 1 is 0.182 bits per heavy atom. The standard InChI is InChI=1S/C90H56B3N5O/c1-9-26-57(27-10-1)61-44-46-75-69(48-61)91-71-54-72-80(55-79(71)96(67-38-21-7-22-39-67)78-43-25-42-77(85(78)91)94(75)65-34-17-5-18-35-65)97(68-40-23-8-24-41-68)82-56-81-86-90-87(82)93(72)74-51-64(60-32-15-4-16-33-60)53-84-89(74)98(90)88-73(50-63(52-83(88)99-84)59-30-13-3-14-31-59)92(86)70-49-62(58-28-11-2-12-29-58)45-47-76(70)95(81)66-36-19-6-20-37-66/h1-56H. The molecule has 0 radical (unpaired) electrons. The van der Waals surface area contributed by atoms with Crippen LogP contribution in [-0.4, -0.2) is 20.1 Å². The van der Waals surface area contributed by atoms with Crippen molar-refractivity contribution in [3.8, 4) is 56.0 Å². The average Bonchev–Trinajstić information content (AvgIpc) is 0.653. The summed E-state index contributed by atoms with van der Waals surface area (Å²) >= 11 is 0. The van der Waals surface area contributed by atoms with Crippen molar-refractivity contribution < 1.29 is 4.74 Å². The minimum absolute atomic E-state index is 0.177. The summed E-state index contributed by atoms with van der Waals surface area (Å²) in [5.41, 5.74) is 37.5. The Balaban J connectivity index is 0.894. The fourth-order valence-electron chi connectivity index (χ4n) is 17.9. The molecule has 0 aromatic heterocycles. The van der Waals surface area contributed by atoms with Gasteiger partial charge in [-0.2, -0.15) is 0 Å². The van der Waals surface area contributed by atoms with Crippen molar-refractivity contribution in [1.82, 2.24) is 0 Å². The van der Waals surface area contributed by atoms with Gasteiger partial charge in [0.15, 0.2) is 11.5 Å². The Morgan fingerprint density at radius 3 is 0.899 bits per heavy atom. The molecule has 22 rings (SSSR count). The van der Waals surface area contributed by atoms with Crippen molar-refractivity contribution in [3.63, 3.8) is 0 Å². The van der Waals surface area contributed by atoms with Crippen LogP contribution in [-0.2, 0) is 0 Å². The highest BCUT2D eigenvalue weighted by molar-refractivity contribution is 7.06. The molecule has 0 saturated carbocycles. The van der Waals surface area contributed by atoms with Crippen LogP contribution in [0.1, 0.15) is 0 Å². The second-order valence-electron chi connectivity index (χ2n) is 27.0. The van der Waals surface area contributed by atoms with Crippen LogP contribution in [0.25, 0.3) is 44.5 Å². The van der Waals surface area contributed by atoms with E-state index in [1.807, 2.05) is 0 Å². The van der Waals surface area contributed by atoms with Gasteiger partial charge in [-0.05, 0) is 191 Å². The average molecular weight is 1260 g/mol. The van der Waals surface area contributed by atoms with E-state index in [1.165, 1.54) is 88.5 Å². The molecule has 0 bridgehead atoms. The molecule has 7 heterocycles. The fourth-order valence-corrected chi connectivity index (χ4v) is 17.9. The number of fused-ring (bicyclic) bond motifs is 10. The zero-order valence-corrected chi connectivity index (χ0v) is 53.7. The highest BCUT2D eigenvalue weighted by atomic mass is 16.5. The van der Waals surface area contributed by atoms with Gasteiger partial charge in [0.05, 0.1) is 11.4 Å². The number of nitrogens with zero attached hydrogens (tertiary/aromatic N) is 5. The van der Waals surface area contributed by atoms with Crippen LogP contribution in [0, 0.1) is 0 Å². The van der Waals surface area contributed by atoms with Gasteiger partial charge in [0.1, 0.15) is 0 Å². The maximum atomic E-state index is 7.81. The van der Waals surface area contributed by atoms with Crippen LogP contribution in [0.5, 0.6) is 11.5 Å². The van der Waals surface area contributed by atoms with Crippen molar-refractivity contribution in [2.24, 2.45) is 0 Å². The third kappa shape index (κ3) is 7.81. The zero-order chi connectivity index (χ0) is 64.6.